The number of nitrogens with one attached hydrogen (secondary N) is 1. The molecule has 0 unspecified atom stereocenters. The van der Waals surface area contributed by atoms with Gasteiger partial charge in [0.15, 0.2) is 0 Å². The summed E-state index contributed by atoms with van der Waals surface area (Å²) in [5.41, 5.74) is 0.342. The van der Waals surface area contributed by atoms with Gasteiger partial charge in [-0.3, -0.25) is 15.2 Å². The first-order chi connectivity index (χ1) is 6.20. The average Bonchev–Trinajstić information content (AvgIpc) is 2.53. The largest absolute Gasteiger partial charge is 0.294 e. The summed E-state index contributed by atoms with van der Waals surface area (Å²) in [5.74, 6) is 0. The third-order valence-electron chi connectivity index (χ3n) is 1.74. The van der Waals surface area contributed by atoms with Gasteiger partial charge in [-0.15, -0.1) is 0 Å². The Hall–Kier alpha value is -1.62. The summed E-state index contributed by atoms with van der Waals surface area (Å²) in [6.07, 6.45) is 1.46. The van der Waals surface area contributed by atoms with Crippen LogP contribution in [-0.2, 0) is 0 Å². The Morgan fingerprint density at radius 1 is 1.54 bits per heavy atom. The van der Waals surface area contributed by atoms with Gasteiger partial charge in [0, 0.05) is 11.5 Å². The first kappa shape index (κ1) is 8.00. The van der Waals surface area contributed by atoms with Gasteiger partial charge in [0.2, 0.25) is 0 Å². The van der Waals surface area contributed by atoms with E-state index >= 15 is 0 Å². The second kappa shape index (κ2) is 2.70. The third kappa shape index (κ3) is 1.13. The van der Waals surface area contributed by atoms with E-state index in [1.165, 1.54) is 18.3 Å². The molecule has 0 spiro atoms. The molecule has 0 aliphatic heterocycles. The van der Waals surface area contributed by atoms with Crippen LogP contribution in [0.15, 0.2) is 18.3 Å². The molecule has 0 aliphatic rings. The lowest BCUT2D eigenvalue weighted by molar-refractivity contribution is -0.383. The number of H-pyrrole nitrogens is 1. The van der Waals surface area contributed by atoms with Crippen LogP contribution in [0.5, 0.6) is 0 Å². The number of hydrogen-bond donors (Lipinski definition) is 1. The standard InChI is InChI=1S/C7H4ClN3O2/c8-5-1-2-6(11(12)13)7-4(5)3-9-10-7/h1-3H,(H,9,10). The number of benzene rings is 1. The predicted octanol–water partition coefficient (Wildman–Crippen LogP) is 2.12. The summed E-state index contributed by atoms with van der Waals surface area (Å²) in [7, 11) is 0. The molecule has 0 saturated carbocycles. The summed E-state index contributed by atoms with van der Waals surface area (Å²) in [6.45, 7) is 0. The molecule has 2 aromatic rings. The van der Waals surface area contributed by atoms with Crippen molar-refractivity contribution < 1.29 is 4.92 Å². The zero-order chi connectivity index (χ0) is 9.42. The van der Waals surface area contributed by atoms with Gasteiger partial charge in [-0.05, 0) is 6.07 Å². The first-order valence-electron chi connectivity index (χ1n) is 3.46. The monoisotopic (exact) mass is 197 g/mol. The molecule has 5 nitrogen and oxygen atoms in total. The molecule has 1 N–H and O–H groups in total. The fraction of sp³-hybridized carbons (Fsp3) is 0. The number of non-ortho nitro benzene ring substituents is 1. The van der Waals surface area contributed by atoms with Gasteiger partial charge in [-0.1, -0.05) is 11.6 Å². The molecular weight excluding hydrogens is 194 g/mol. The number of rotatable bonds is 1. The summed E-state index contributed by atoms with van der Waals surface area (Å²) >= 11 is 5.79. The molecule has 0 atom stereocenters. The summed E-state index contributed by atoms with van der Waals surface area (Å²) < 4.78 is 0. The molecule has 1 aromatic carbocycles. The minimum atomic E-state index is -0.475. The second-order valence-electron chi connectivity index (χ2n) is 2.48. The van der Waals surface area contributed by atoms with E-state index in [0.29, 0.717) is 15.9 Å². The molecule has 0 amide bonds. The Labute approximate surface area is 77.5 Å². The number of aromatic nitrogens is 2. The maximum atomic E-state index is 10.5. The molecule has 1 heterocycles. The molecular formula is C7H4ClN3O2. The zero-order valence-corrected chi connectivity index (χ0v) is 7.08. The lowest BCUT2D eigenvalue weighted by atomic mass is 10.2. The summed E-state index contributed by atoms with van der Waals surface area (Å²) in [6, 6.07) is 2.83. The van der Waals surface area contributed by atoms with Crippen molar-refractivity contribution in [2.45, 2.75) is 0 Å². The number of nitro groups is 1. The highest BCUT2D eigenvalue weighted by Crippen LogP contribution is 2.28. The van der Waals surface area contributed by atoms with E-state index in [4.69, 9.17) is 11.6 Å². The molecule has 0 bridgehead atoms. The van der Waals surface area contributed by atoms with Crippen molar-refractivity contribution >= 4 is 28.2 Å². The number of nitro benzene ring substituents is 1. The van der Waals surface area contributed by atoms with Crippen molar-refractivity contribution in [2.75, 3.05) is 0 Å². The molecule has 0 saturated heterocycles. The van der Waals surface area contributed by atoms with Crippen LogP contribution in [0.3, 0.4) is 0 Å². The van der Waals surface area contributed by atoms with Gasteiger partial charge >= 0.3 is 0 Å². The first-order valence-corrected chi connectivity index (χ1v) is 3.84. The van der Waals surface area contributed by atoms with Crippen LogP contribution >= 0.6 is 11.6 Å². The van der Waals surface area contributed by atoms with E-state index in [2.05, 4.69) is 10.2 Å². The molecule has 2 rings (SSSR count). The lowest BCUT2D eigenvalue weighted by Gasteiger charge is -1.94. The topological polar surface area (TPSA) is 71.8 Å². The van der Waals surface area contributed by atoms with Crippen molar-refractivity contribution in [3.05, 3.63) is 33.5 Å². The van der Waals surface area contributed by atoms with Crippen molar-refractivity contribution in [2.24, 2.45) is 0 Å². The van der Waals surface area contributed by atoms with Gasteiger partial charge in [-0.25, -0.2) is 0 Å². The minimum Gasteiger partial charge on any atom is -0.271 e. The normalized spacial score (nSPS) is 10.5. The Balaban J connectivity index is 2.86. The highest BCUT2D eigenvalue weighted by Gasteiger charge is 2.14. The van der Waals surface area contributed by atoms with Crippen LogP contribution in [0.4, 0.5) is 5.69 Å². The van der Waals surface area contributed by atoms with Crippen molar-refractivity contribution in [3.63, 3.8) is 0 Å². The molecule has 66 valence electrons. The summed E-state index contributed by atoms with van der Waals surface area (Å²) in [5, 5.41) is 17.8. The van der Waals surface area contributed by atoms with Crippen LogP contribution in [0, 0.1) is 10.1 Å². The second-order valence-corrected chi connectivity index (χ2v) is 2.89. The van der Waals surface area contributed by atoms with E-state index in [1.54, 1.807) is 0 Å². The van der Waals surface area contributed by atoms with Gasteiger partial charge in [0.05, 0.1) is 16.1 Å². The zero-order valence-electron chi connectivity index (χ0n) is 6.32. The van der Waals surface area contributed by atoms with E-state index < -0.39 is 4.92 Å². The smallest absolute Gasteiger partial charge is 0.271 e. The molecule has 13 heavy (non-hydrogen) atoms. The van der Waals surface area contributed by atoms with Crippen molar-refractivity contribution in [1.82, 2.24) is 10.2 Å². The number of aromatic amines is 1. The molecule has 0 aliphatic carbocycles. The molecule has 6 heteroatoms. The Morgan fingerprint density at radius 3 is 3.00 bits per heavy atom. The molecule has 0 fully saturated rings. The predicted molar refractivity (Wildman–Crippen MR) is 47.8 cm³/mol. The number of fused-ring (bicyclic) bond motifs is 1. The fourth-order valence-electron chi connectivity index (χ4n) is 1.14. The quantitative estimate of drug-likeness (QED) is 0.562. The summed E-state index contributed by atoms with van der Waals surface area (Å²) in [4.78, 5) is 10.1. The van der Waals surface area contributed by atoms with Crippen LogP contribution in [0.1, 0.15) is 0 Å². The number of halogens is 1. The SMILES string of the molecule is O=[N+]([O-])c1ccc(Cl)c2cn[nH]c12. The van der Waals surface area contributed by atoms with E-state index in [9.17, 15) is 10.1 Å². The average molecular weight is 198 g/mol. The lowest BCUT2D eigenvalue weighted by Crippen LogP contribution is -1.88. The molecule has 1 aromatic heterocycles. The van der Waals surface area contributed by atoms with Gasteiger partial charge < -0.3 is 0 Å². The minimum absolute atomic E-state index is 0.0168. The van der Waals surface area contributed by atoms with Crippen LogP contribution in [0.25, 0.3) is 10.9 Å². The van der Waals surface area contributed by atoms with Gasteiger partial charge in [0.25, 0.3) is 5.69 Å². The van der Waals surface area contributed by atoms with Gasteiger partial charge in [-0.2, -0.15) is 5.10 Å². The van der Waals surface area contributed by atoms with Crippen LogP contribution < -0.4 is 0 Å². The third-order valence-corrected chi connectivity index (χ3v) is 2.07. The Morgan fingerprint density at radius 2 is 2.31 bits per heavy atom. The Kier molecular flexibility index (Phi) is 1.66. The van der Waals surface area contributed by atoms with E-state index in [0.717, 1.165) is 0 Å². The van der Waals surface area contributed by atoms with Crippen molar-refractivity contribution in [1.29, 1.82) is 0 Å². The highest BCUT2D eigenvalue weighted by atomic mass is 35.5. The fourth-order valence-corrected chi connectivity index (χ4v) is 1.35. The Bertz CT molecular complexity index is 480. The number of hydrogen-bond acceptors (Lipinski definition) is 3. The maximum absolute atomic E-state index is 10.5. The van der Waals surface area contributed by atoms with E-state index in [-0.39, 0.29) is 5.69 Å². The van der Waals surface area contributed by atoms with Crippen molar-refractivity contribution in [3.8, 4) is 0 Å². The van der Waals surface area contributed by atoms with Crippen LogP contribution in [0.2, 0.25) is 5.02 Å². The molecule has 0 radical (unpaired) electrons. The van der Waals surface area contributed by atoms with Crippen LogP contribution in [-0.4, -0.2) is 15.1 Å². The van der Waals surface area contributed by atoms with Gasteiger partial charge in [0.1, 0.15) is 5.52 Å². The van der Waals surface area contributed by atoms with E-state index in [1.807, 2.05) is 0 Å². The highest BCUT2D eigenvalue weighted by molar-refractivity contribution is 6.35. The number of nitrogens with zero attached hydrogens (tertiary/aromatic N) is 2. The maximum Gasteiger partial charge on any atom is 0.294 e.